The van der Waals surface area contributed by atoms with Crippen molar-refractivity contribution in [2.75, 3.05) is 13.2 Å². The normalized spacial score (nSPS) is 17.8. The Kier molecular flexibility index (Phi) is 7.31. The molecule has 15 heavy (non-hydrogen) atoms. The van der Waals surface area contributed by atoms with Crippen LogP contribution in [-0.2, 0) is 8.85 Å². The van der Waals surface area contributed by atoms with Crippen LogP contribution in [0.2, 0.25) is 6.04 Å². The van der Waals surface area contributed by atoms with Gasteiger partial charge >= 0.3 is 9.28 Å². The van der Waals surface area contributed by atoms with Crippen LogP contribution in [-0.4, -0.2) is 22.5 Å². The zero-order valence-electron chi connectivity index (χ0n) is 10.3. The van der Waals surface area contributed by atoms with Gasteiger partial charge in [-0.1, -0.05) is 38.5 Å². The van der Waals surface area contributed by atoms with Crippen molar-refractivity contribution in [1.82, 2.24) is 0 Å². The van der Waals surface area contributed by atoms with E-state index in [2.05, 4.69) is 13.8 Å². The summed E-state index contributed by atoms with van der Waals surface area (Å²) in [6.07, 6.45) is 8.58. The van der Waals surface area contributed by atoms with Crippen LogP contribution < -0.4 is 0 Å². The molecule has 0 N–H and O–H groups in total. The van der Waals surface area contributed by atoms with Crippen molar-refractivity contribution < 1.29 is 8.85 Å². The fourth-order valence-corrected chi connectivity index (χ4v) is 4.20. The number of hydrogen-bond acceptors (Lipinski definition) is 2. The molecule has 0 atom stereocenters. The first-order valence-electron chi connectivity index (χ1n) is 6.60. The molecule has 1 aliphatic carbocycles. The monoisotopic (exact) mass is 230 g/mol. The molecule has 3 heteroatoms. The Bertz CT molecular complexity index is 141. The van der Waals surface area contributed by atoms with E-state index in [1.807, 2.05) is 0 Å². The van der Waals surface area contributed by atoms with E-state index in [9.17, 15) is 0 Å². The van der Waals surface area contributed by atoms with E-state index in [-0.39, 0.29) is 0 Å². The molecule has 0 aromatic rings. The van der Waals surface area contributed by atoms with Gasteiger partial charge in [-0.25, -0.2) is 0 Å². The van der Waals surface area contributed by atoms with Gasteiger partial charge in [-0.05, 0) is 25.8 Å². The zero-order chi connectivity index (χ0) is 10.9. The fourth-order valence-electron chi connectivity index (χ4n) is 2.46. The summed E-state index contributed by atoms with van der Waals surface area (Å²) in [6, 6.07) is 1.21. The van der Waals surface area contributed by atoms with Gasteiger partial charge in [0, 0.05) is 13.2 Å². The lowest BCUT2D eigenvalue weighted by molar-refractivity contribution is 0.212. The Morgan fingerprint density at radius 3 is 2.20 bits per heavy atom. The first kappa shape index (κ1) is 13.2. The third-order valence-corrected chi connectivity index (χ3v) is 5.52. The van der Waals surface area contributed by atoms with Gasteiger partial charge in [-0.2, -0.15) is 0 Å². The van der Waals surface area contributed by atoms with Gasteiger partial charge in [0.2, 0.25) is 0 Å². The summed E-state index contributed by atoms with van der Waals surface area (Å²) in [6.45, 7) is 5.77. The van der Waals surface area contributed by atoms with Crippen LogP contribution in [0.3, 0.4) is 0 Å². The van der Waals surface area contributed by atoms with Crippen molar-refractivity contribution in [1.29, 1.82) is 0 Å². The second kappa shape index (κ2) is 8.31. The van der Waals surface area contributed by atoms with E-state index in [1.165, 1.54) is 44.6 Å². The predicted molar refractivity (Wildman–Crippen MR) is 66.4 cm³/mol. The molecule has 0 heterocycles. The van der Waals surface area contributed by atoms with Gasteiger partial charge in [0.15, 0.2) is 0 Å². The molecule has 0 radical (unpaired) electrons. The molecule has 1 saturated carbocycles. The van der Waals surface area contributed by atoms with Crippen molar-refractivity contribution in [2.24, 2.45) is 5.92 Å². The van der Waals surface area contributed by atoms with Crippen molar-refractivity contribution in [3.05, 3.63) is 0 Å². The summed E-state index contributed by atoms with van der Waals surface area (Å²) in [5, 5.41) is 0. The van der Waals surface area contributed by atoms with Gasteiger partial charge in [0.25, 0.3) is 0 Å². The van der Waals surface area contributed by atoms with Crippen LogP contribution in [0.4, 0.5) is 0 Å². The molecule has 0 aromatic heterocycles. The highest BCUT2D eigenvalue weighted by atomic mass is 28.3. The molecule has 1 fully saturated rings. The predicted octanol–water partition coefficient (Wildman–Crippen LogP) is 3.25. The lowest BCUT2D eigenvalue weighted by Gasteiger charge is -2.15. The quantitative estimate of drug-likeness (QED) is 0.596. The van der Waals surface area contributed by atoms with Crippen molar-refractivity contribution in [3.63, 3.8) is 0 Å². The molecule has 0 aliphatic heterocycles. The molecule has 90 valence electrons. The van der Waals surface area contributed by atoms with Gasteiger partial charge in [-0.3, -0.25) is 0 Å². The standard InChI is InChI=1S/C12H26O2Si/c1-3-13-15(14-4-2)11-7-10-12-8-5-6-9-12/h12,15H,3-11H2,1-2H3. The summed E-state index contributed by atoms with van der Waals surface area (Å²) in [4.78, 5) is 0. The molecular formula is C12H26O2Si. The molecule has 0 bridgehead atoms. The molecule has 2 nitrogen and oxygen atoms in total. The Morgan fingerprint density at radius 1 is 1.07 bits per heavy atom. The maximum atomic E-state index is 5.66. The molecule has 0 amide bonds. The van der Waals surface area contributed by atoms with Crippen LogP contribution in [0.5, 0.6) is 0 Å². The molecule has 0 saturated heterocycles. The van der Waals surface area contributed by atoms with E-state index in [0.29, 0.717) is 0 Å². The van der Waals surface area contributed by atoms with E-state index in [4.69, 9.17) is 8.85 Å². The summed E-state index contributed by atoms with van der Waals surface area (Å²) in [7, 11) is -1.29. The molecule has 0 aromatic carbocycles. The van der Waals surface area contributed by atoms with E-state index in [1.54, 1.807) is 0 Å². The van der Waals surface area contributed by atoms with Crippen LogP contribution in [0.15, 0.2) is 0 Å². The third-order valence-electron chi connectivity index (χ3n) is 3.23. The highest BCUT2D eigenvalue weighted by molar-refractivity contribution is 6.44. The molecule has 0 spiro atoms. The third kappa shape index (κ3) is 5.69. The second-order valence-corrected chi connectivity index (χ2v) is 6.52. The molecular weight excluding hydrogens is 204 g/mol. The first-order valence-corrected chi connectivity index (χ1v) is 8.36. The van der Waals surface area contributed by atoms with Crippen molar-refractivity contribution >= 4 is 9.28 Å². The van der Waals surface area contributed by atoms with Gasteiger partial charge < -0.3 is 8.85 Å². The fraction of sp³-hybridized carbons (Fsp3) is 1.00. The Hall–Kier alpha value is 0.137. The largest absolute Gasteiger partial charge is 0.397 e. The Morgan fingerprint density at radius 2 is 1.67 bits per heavy atom. The molecule has 1 aliphatic rings. The summed E-state index contributed by atoms with van der Waals surface area (Å²) >= 11 is 0. The molecule has 0 unspecified atom stereocenters. The van der Waals surface area contributed by atoms with Crippen LogP contribution in [0, 0.1) is 5.92 Å². The van der Waals surface area contributed by atoms with Gasteiger partial charge in [-0.15, -0.1) is 0 Å². The average molecular weight is 230 g/mol. The molecule has 1 rings (SSSR count). The second-order valence-electron chi connectivity index (χ2n) is 4.42. The van der Waals surface area contributed by atoms with Crippen LogP contribution in [0.25, 0.3) is 0 Å². The van der Waals surface area contributed by atoms with Crippen LogP contribution >= 0.6 is 0 Å². The minimum Gasteiger partial charge on any atom is -0.397 e. The average Bonchev–Trinajstić information content (AvgIpc) is 2.71. The highest BCUT2D eigenvalue weighted by Gasteiger charge is 2.17. The SMILES string of the molecule is CCO[SiH](CCCC1CCCC1)OCC. The smallest absolute Gasteiger partial charge is 0.321 e. The maximum Gasteiger partial charge on any atom is 0.321 e. The highest BCUT2D eigenvalue weighted by Crippen LogP contribution is 2.29. The van der Waals surface area contributed by atoms with Crippen molar-refractivity contribution in [2.45, 2.75) is 58.4 Å². The minimum absolute atomic E-state index is 0.820. The van der Waals surface area contributed by atoms with Crippen molar-refractivity contribution in [3.8, 4) is 0 Å². The van der Waals surface area contributed by atoms with E-state index < -0.39 is 9.28 Å². The summed E-state index contributed by atoms with van der Waals surface area (Å²) in [5.41, 5.74) is 0. The maximum absolute atomic E-state index is 5.66. The van der Waals surface area contributed by atoms with Crippen LogP contribution in [0.1, 0.15) is 52.4 Å². The Labute approximate surface area is 96.2 Å². The number of rotatable bonds is 8. The van der Waals surface area contributed by atoms with Gasteiger partial charge in [0.1, 0.15) is 0 Å². The summed E-state index contributed by atoms with van der Waals surface area (Å²) < 4.78 is 11.3. The first-order chi connectivity index (χ1) is 7.36. The lowest BCUT2D eigenvalue weighted by Crippen LogP contribution is -2.22. The topological polar surface area (TPSA) is 18.5 Å². The minimum atomic E-state index is -1.29. The number of hydrogen-bond donors (Lipinski definition) is 0. The lowest BCUT2D eigenvalue weighted by atomic mass is 10.0. The van der Waals surface area contributed by atoms with Gasteiger partial charge in [0.05, 0.1) is 0 Å². The van der Waals surface area contributed by atoms with E-state index >= 15 is 0 Å². The van der Waals surface area contributed by atoms with E-state index in [0.717, 1.165) is 19.1 Å². The summed E-state index contributed by atoms with van der Waals surface area (Å²) in [5.74, 6) is 1.02. The zero-order valence-corrected chi connectivity index (χ0v) is 11.5. The Balaban J connectivity index is 2.04.